The topological polar surface area (TPSA) is 94.8 Å². The molecule has 0 aliphatic heterocycles. The number of benzene rings is 3. The summed E-state index contributed by atoms with van der Waals surface area (Å²) in [6.45, 7) is 13.1. The monoisotopic (exact) mass is 460 g/mol. The van der Waals surface area contributed by atoms with E-state index < -0.39 is 11.9 Å². The van der Waals surface area contributed by atoms with Crippen molar-refractivity contribution in [3.8, 4) is 16.9 Å². The number of aromatic hydroxyl groups is 1. The van der Waals surface area contributed by atoms with Crippen molar-refractivity contribution >= 4 is 11.9 Å². The number of hydrogen-bond donors (Lipinski definition) is 3. The van der Waals surface area contributed by atoms with E-state index in [1.54, 1.807) is 6.07 Å². The van der Waals surface area contributed by atoms with Crippen LogP contribution in [0.1, 0.15) is 36.1 Å². The summed E-state index contributed by atoms with van der Waals surface area (Å²) < 4.78 is 0. The van der Waals surface area contributed by atoms with Gasteiger partial charge >= 0.3 is 11.9 Å². The van der Waals surface area contributed by atoms with Crippen LogP contribution in [0.25, 0.3) is 11.1 Å². The highest BCUT2D eigenvalue weighted by molar-refractivity contribution is 5.85. The molecule has 0 bridgehead atoms. The van der Waals surface area contributed by atoms with E-state index in [-0.39, 0.29) is 11.1 Å². The van der Waals surface area contributed by atoms with Crippen molar-refractivity contribution in [1.82, 2.24) is 0 Å². The van der Waals surface area contributed by atoms with E-state index in [0.717, 1.165) is 17.5 Å². The average molecular weight is 461 g/mol. The third-order valence-electron chi connectivity index (χ3n) is 5.01. The molecule has 5 heteroatoms. The summed E-state index contributed by atoms with van der Waals surface area (Å²) in [7, 11) is 0. The first-order valence-corrected chi connectivity index (χ1v) is 10.6. The molecular weight excluding hydrogens is 428 g/mol. The van der Waals surface area contributed by atoms with Gasteiger partial charge in [-0.2, -0.15) is 0 Å². The zero-order valence-corrected chi connectivity index (χ0v) is 20.1. The van der Waals surface area contributed by atoms with E-state index in [9.17, 15) is 9.59 Å². The molecule has 1 aliphatic rings. The molecule has 0 saturated carbocycles. The quantitative estimate of drug-likeness (QED) is 0.294. The van der Waals surface area contributed by atoms with Crippen LogP contribution < -0.4 is 0 Å². The molecule has 0 amide bonds. The van der Waals surface area contributed by atoms with Gasteiger partial charge in [0, 0.05) is 11.1 Å². The first kappa shape index (κ1) is 27.9. The zero-order valence-electron chi connectivity index (χ0n) is 20.1. The van der Waals surface area contributed by atoms with E-state index in [4.69, 9.17) is 15.3 Å². The van der Waals surface area contributed by atoms with Crippen molar-refractivity contribution in [2.75, 3.05) is 0 Å². The van der Waals surface area contributed by atoms with Gasteiger partial charge in [-0.3, -0.25) is 0 Å². The van der Waals surface area contributed by atoms with Gasteiger partial charge in [-0.25, -0.2) is 9.59 Å². The lowest BCUT2D eigenvalue weighted by Crippen LogP contribution is -1.92. The van der Waals surface area contributed by atoms with Crippen molar-refractivity contribution in [2.45, 2.75) is 34.1 Å². The summed E-state index contributed by atoms with van der Waals surface area (Å²) in [5.74, 6) is -1.49. The molecule has 34 heavy (non-hydrogen) atoms. The maximum Gasteiger partial charge on any atom is 0.330 e. The van der Waals surface area contributed by atoms with Crippen molar-refractivity contribution in [3.05, 3.63) is 113 Å². The maximum atomic E-state index is 9.60. The molecule has 178 valence electrons. The van der Waals surface area contributed by atoms with Gasteiger partial charge in [0.05, 0.1) is 0 Å². The third-order valence-corrected chi connectivity index (χ3v) is 5.01. The Balaban J connectivity index is 0.000000243. The minimum Gasteiger partial charge on any atom is -0.508 e. The van der Waals surface area contributed by atoms with Crippen molar-refractivity contribution < 1.29 is 24.9 Å². The van der Waals surface area contributed by atoms with E-state index in [1.807, 2.05) is 26.0 Å². The van der Waals surface area contributed by atoms with Gasteiger partial charge in [-0.15, -0.1) is 0 Å². The Labute approximate surface area is 201 Å². The first-order valence-electron chi connectivity index (χ1n) is 10.6. The highest BCUT2D eigenvalue weighted by Crippen LogP contribution is 2.35. The van der Waals surface area contributed by atoms with Crippen LogP contribution in [0.3, 0.4) is 0 Å². The van der Waals surface area contributed by atoms with Gasteiger partial charge < -0.3 is 15.3 Å². The summed E-state index contributed by atoms with van der Waals surface area (Å²) >= 11 is 0. The standard InChI is InChI=1S/C13H10.C8H10O.2C4H6O2/c1-3-7-12-10(5-1)9-11-6-2-4-8-13(11)12;1-6-4-3-5-8(9)7(6)2;2*1-3(2)4(5)6/h1-8H,9H2;3-5,9H,1-2H3;2*1H2,2H3,(H,5,6). The van der Waals surface area contributed by atoms with Gasteiger partial charge in [-0.05, 0) is 73.6 Å². The van der Waals surface area contributed by atoms with Crippen LogP contribution in [0.4, 0.5) is 0 Å². The molecular formula is C29H32O5. The fraction of sp³-hybridized carbons (Fsp3) is 0.172. The number of hydrogen-bond acceptors (Lipinski definition) is 3. The molecule has 3 aromatic carbocycles. The summed E-state index contributed by atoms with van der Waals surface area (Å²) in [5, 5.41) is 24.9. The predicted octanol–water partition coefficient (Wildman–Crippen LogP) is 6.56. The van der Waals surface area contributed by atoms with Gasteiger partial charge in [0.15, 0.2) is 0 Å². The van der Waals surface area contributed by atoms with Crippen LogP contribution in [-0.4, -0.2) is 27.3 Å². The minimum atomic E-state index is -0.935. The van der Waals surface area contributed by atoms with Crippen LogP contribution in [-0.2, 0) is 16.0 Å². The molecule has 0 radical (unpaired) electrons. The number of aryl methyl sites for hydroxylation is 1. The highest BCUT2D eigenvalue weighted by Gasteiger charge is 2.15. The molecule has 3 N–H and O–H groups in total. The molecule has 5 nitrogen and oxygen atoms in total. The van der Waals surface area contributed by atoms with Crippen LogP contribution in [0, 0.1) is 13.8 Å². The third kappa shape index (κ3) is 8.79. The van der Waals surface area contributed by atoms with Gasteiger partial charge in [0.2, 0.25) is 0 Å². The second-order valence-corrected chi connectivity index (χ2v) is 7.88. The summed E-state index contributed by atoms with van der Waals surface area (Å²) in [4.78, 5) is 19.2. The molecule has 0 aromatic heterocycles. The Morgan fingerprint density at radius 2 is 1.09 bits per heavy atom. The van der Waals surface area contributed by atoms with E-state index in [1.165, 1.54) is 36.1 Å². The molecule has 4 rings (SSSR count). The molecule has 0 saturated heterocycles. The number of aliphatic carboxylic acids is 2. The van der Waals surface area contributed by atoms with Crippen LogP contribution in [0.2, 0.25) is 0 Å². The Hall–Kier alpha value is -4.12. The van der Waals surface area contributed by atoms with Crippen molar-refractivity contribution in [2.24, 2.45) is 0 Å². The van der Waals surface area contributed by atoms with Crippen molar-refractivity contribution in [3.63, 3.8) is 0 Å². The number of phenols is 1. The molecule has 0 atom stereocenters. The van der Waals surface area contributed by atoms with Crippen LogP contribution in [0.15, 0.2) is 91.0 Å². The largest absolute Gasteiger partial charge is 0.508 e. The van der Waals surface area contributed by atoms with Crippen molar-refractivity contribution in [1.29, 1.82) is 0 Å². The lowest BCUT2D eigenvalue weighted by Gasteiger charge is -1.99. The SMILES string of the molecule is C=C(C)C(=O)O.C=C(C)C(=O)O.Cc1cccc(O)c1C.c1ccc2c(c1)Cc1ccccc1-2. The summed E-state index contributed by atoms with van der Waals surface area (Å²) in [5.41, 5.74) is 8.21. The number of rotatable bonds is 2. The number of phenolic OH excluding ortho intramolecular Hbond substituents is 1. The molecule has 3 aromatic rings. The Morgan fingerprint density at radius 3 is 1.41 bits per heavy atom. The Bertz CT molecular complexity index is 1060. The molecule has 0 fully saturated rings. The van der Waals surface area contributed by atoms with Crippen LogP contribution >= 0.6 is 0 Å². The number of carboxylic acid groups (broad SMARTS) is 2. The van der Waals surface area contributed by atoms with E-state index in [0.29, 0.717) is 5.75 Å². The highest BCUT2D eigenvalue weighted by atomic mass is 16.4. The molecule has 0 unspecified atom stereocenters. The minimum absolute atomic E-state index is 0.176. The molecule has 0 heterocycles. The van der Waals surface area contributed by atoms with Gasteiger partial charge in [-0.1, -0.05) is 73.8 Å². The lowest BCUT2D eigenvalue weighted by molar-refractivity contribution is -0.133. The molecule has 0 spiro atoms. The number of fused-ring (bicyclic) bond motifs is 3. The van der Waals surface area contributed by atoms with Gasteiger partial charge in [0.25, 0.3) is 0 Å². The predicted molar refractivity (Wildman–Crippen MR) is 137 cm³/mol. The van der Waals surface area contributed by atoms with E-state index >= 15 is 0 Å². The smallest absolute Gasteiger partial charge is 0.330 e. The summed E-state index contributed by atoms with van der Waals surface area (Å²) in [6, 6.07) is 22.8. The molecule has 1 aliphatic carbocycles. The fourth-order valence-electron chi connectivity index (χ4n) is 2.82. The first-order chi connectivity index (χ1) is 16.0. The lowest BCUT2D eigenvalue weighted by atomic mass is 10.1. The number of carbonyl (C=O) groups is 2. The Kier molecular flexibility index (Phi) is 11.0. The second kappa shape index (κ2) is 13.4. The zero-order chi connectivity index (χ0) is 25.8. The summed E-state index contributed by atoms with van der Waals surface area (Å²) in [6.07, 6.45) is 1.10. The normalized spacial score (nSPS) is 9.88. The maximum absolute atomic E-state index is 9.60. The van der Waals surface area contributed by atoms with E-state index in [2.05, 4.69) is 61.7 Å². The Morgan fingerprint density at radius 1 is 0.706 bits per heavy atom. The second-order valence-electron chi connectivity index (χ2n) is 7.88. The fourth-order valence-corrected chi connectivity index (χ4v) is 2.82. The number of carboxylic acids is 2. The van der Waals surface area contributed by atoms with Gasteiger partial charge in [0.1, 0.15) is 5.75 Å². The average Bonchev–Trinajstić information content (AvgIpc) is 3.17. The van der Waals surface area contributed by atoms with Crippen LogP contribution in [0.5, 0.6) is 5.75 Å².